The van der Waals surface area contributed by atoms with Gasteiger partial charge in [-0.05, 0) is 42.3 Å². The highest BCUT2D eigenvalue weighted by molar-refractivity contribution is 7.13. The van der Waals surface area contributed by atoms with Crippen LogP contribution in [0.5, 0.6) is 11.5 Å². The summed E-state index contributed by atoms with van der Waals surface area (Å²) in [7, 11) is 0. The molecular formula is C19H19N3O2S. The lowest BCUT2D eigenvalue weighted by Crippen LogP contribution is -2.20. The van der Waals surface area contributed by atoms with Crippen LogP contribution in [0.2, 0.25) is 0 Å². The maximum atomic E-state index is 5.45. The Morgan fingerprint density at radius 1 is 1.16 bits per heavy atom. The van der Waals surface area contributed by atoms with Gasteiger partial charge in [0.15, 0.2) is 11.5 Å². The number of pyridine rings is 1. The first-order valence-electron chi connectivity index (χ1n) is 8.31. The molecule has 0 fully saturated rings. The summed E-state index contributed by atoms with van der Waals surface area (Å²) < 4.78 is 10.8. The SMILES string of the molecule is CC[C@@H](NCc1csc(-c2ccc3c(c2)OCO3)n1)c1ccncc1. The fourth-order valence-corrected chi connectivity index (χ4v) is 3.69. The van der Waals surface area contributed by atoms with Crippen LogP contribution in [0.4, 0.5) is 0 Å². The molecule has 0 radical (unpaired) electrons. The minimum atomic E-state index is 0.291. The van der Waals surface area contributed by atoms with Gasteiger partial charge in [-0.15, -0.1) is 11.3 Å². The number of aromatic nitrogens is 2. The predicted molar refractivity (Wildman–Crippen MR) is 97.8 cm³/mol. The molecule has 0 bridgehead atoms. The molecule has 6 heteroatoms. The van der Waals surface area contributed by atoms with Gasteiger partial charge in [-0.25, -0.2) is 4.98 Å². The monoisotopic (exact) mass is 353 g/mol. The number of rotatable bonds is 6. The highest BCUT2D eigenvalue weighted by Gasteiger charge is 2.15. The number of hydrogen-bond donors (Lipinski definition) is 1. The normalized spacial score (nSPS) is 13.8. The molecule has 2 aromatic heterocycles. The molecule has 0 aliphatic carbocycles. The fraction of sp³-hybridized carbons (Fsp3) is 0.263. The largest absolute Gasteiger partial charge is 0.454 e. The van der Waals surface area contributed by atoms with Crippen LogP contribution in [0.3, 0.4) is 0 Å². The van der Waals surface area contributed by atoms with Crippen LogP contribution in [0.25, 0.3) is 10.6 Å². The van der Waals surface area contributed by atoms with E-state index in [1.165, 1.54) is 5.56 Å². The van der Waals surface area contributed by atoms with Crippen molar-refractivity contribution in [3.63, 3.8) is 0 Å². The topological polar surface area (TPSA) is 56.3 Å². The van der Waals surface area contributed by atoms with Crippen molar-refractivity contribution in [3.05, 3.63) is 59.4 Å². The summed E-state index contributed by atoms with van der Waals surface area (Å²) in [5.74, 6) is 1.58. The van der Waals surface area contributed by atoms with Crippen molar-refractivity contribution in [2.45, 2.75) is 25.9 Å². The molecule has 1 N–H and O–H groups in total. The first-order chi connectivity index (χ1) is 12.3. The van der Waals surface area contributed by atoms with Crippen LogP contribution in [-0.2, 0) is 6.54 Å². The molecule has 4 rings (SSSR count). The molecule has 1 aliphatic rings. The first-order valence-corrected chi connectivity index (χ1v) is 9.19. The zero-order chi connectivity index (χ0) is 17.1. The molecule has 3 aromatic rings. The molecular weight excluding hydrogens is 334 g/mol. The van der Waals surface area contributed by atoms with Gasteiger partial charge in [0.2, 0.25) is 6.79 Å². The van der Waals surface area contributed by atoms with E-state index in [2.05, 4.69) is 34.7 Å². The standard InChI is InChI=1S/C19H19N3O2S/c1-2-16(13-5-7-20-8-6-13)21-10-15-11-25-19(22-15)14-3-4-17-18(9-14)24-12-23-17/h3-9,11,16,21H,2,10,12H2,1H3/t16-/m1/s1. The van der Waals surface area contributed by atoms with Crippen molar-refractivity contribution < 1.29 is 9.47 Å². The number of benzene rings is 1. The minimum Gasteiger partial charge on any atom is -0.454 e. The maximum Gasteiger partial charge on any atom is 0.231 e. The summed E-state index contributed by atoms with van der Waals surface area (Å²) in [6.45, 7) is 3.21. The third-order valence-electron chi connectivity index (χ3n) is 4.22. The van der Waals surface area contributed by atoms with Crippen molar-refractivity contribution in [1.82, 2.24) is 15.3 Å². The quantitative estimate of drug-likeness (QED) is 0.721. The smallest absolute Gasteiger partial charge is 0.231 e. The molecule has 0 saturated heterocycles. The third-order valence-corrected chi connectivity index (χ3v) is 5.16. The molecule has 3 heterocycles. The van der Waals surface area contributed by atoms with E-state index >= 15 is 0 Å². The van der Waals surface area contributed by atoms with Gasteiger partial charge >= 0.3 is 0 Å². The Bertz CT molecular complexity index is 851. The number of hydrogen-bond acceptors (Lipinski definition) is 6. The second-order valence-corrected chi connectivity index (χ2v) is 6.69. The Kier molecular flexibility index (Phi) is 4.63. The van der Waals surface area contributed by atoms with Crippen molar-refractivity contribution >= 4 is 11.3 Å². The average Bonchev–Trinajstić information content (AvgIpc) is 3.32. The molecule has 1 atom stereocenters. The van der Waals surface area contributed by atoms with Crippen molar-refractivity contribution in [2.24, 2.45) is 0 Å². The molecule has 0 unspecified atom stereocenters. The number of nitrogens with one attached hydrogen (secondary N) is 1. The van der Waals surface area contributed by atoms with Gasteiger partial charge in [0, 0.05) is 35.9 Å². The third kappa shape index (κ3) is 3.50. The Labute approximate surface area is 150 Å². The van der Waals surface area contributed by atoms with Gasteiger partial charge < -0.3 is 14.8 Å². The lowest BCUT2D eigenvalue weighted by Gasteiger charge is -2.16. The van der Waals surface area contributed by atoms with Gasteiger partial charge in [0.05, 0.1) is 5.69 Å². The summed E-state index contributed by atoms with van der Waals surface area (Å²) in [5.41, 5.74) is 3.36. The predicted octanol–water partition coefficient (Wildman–Crippen LogP) is 4.17. The zero-order valence-electron chi connectivity index (χ0n) is 13.9. The molecule has 25 heavy (non-hydrogen) atoms. The van der Waals surface area contributed by atoms with Crippen LogP contribution in [0.1, 0.15) is 30.6 Å². The number of nitrogens with zero attached hydrogens (tertiary/aromatic N) is 2. The summed E-state index contributed by atoms with van der Waals surface area (Å²) in [5, 5.41) is 6.68. The van der Waals surface area contributed by atoms with Crippen molar-refractivity contribution in [1.29, 1.82) is 0 Å². The van der Waals surface area contributed by atoms with Crippen LogP contribution < -0.4 is 14.8 Å². The fourth-order valence-electron chi connectivity index (χ4n) is 2.87. The molecule has 0 saturated carbocycles. The number of thiazole rings is 1. The second-order valence-electron chi connectivity index (χ2n) is 5.83. The van der Waals surface area contributed by atoms with E-state index in [0.717, 1.165) is 40.7 Å². The number of fused-ring (bicyclic) bond motifs is 1. The van der Waals surface area contributed by atoms with E-state index in [1.54, 1.807) is 11.3 Å². The van der Waals surface area contributed by atoms with E-state index in [4.69, 9.17) is 14.5 Å². The van der Waals surface area contributed by atoms with E-state index in [0.29, 0.717) is 12.8 Å². The highest BCUT2D eigenvalue weighted by atomic mass is 32.1. The molecule has 1 aliphatic heterocycles. The highest BCUT2D eigenvalue weighted by Crippen LogP contribution is 2.36. The molecule has 0 amide bonds. The molecule has 1 aromatic carbocycles. The first kappa shape index (κ1) is 16.1. The molecule has 5 nitrogen and oxygen atoms in total. The van der Waals surface area contributed by atoms with E-state index in [9.17, 15) is 0 Å². The lowest BCUT2D eigenvalue weighted by atomic mass is 10.1. The Balaban J connectivity index is 1.45. The van der Waals surface area contributed by atoms with E-state index in [-0.39, 0.29) is 0 Å². The van der Waals surface area contributed by atoms with Gasteiger partial charge in [0.25, 0.3) is 0 Å². The molecule has 0 spiro atoms. The summed E-state index contributed by atoms with van der Waals surface area (Å²) in [6, 6.07) is 10.4. The van der Waals surface area contributed by atoms with Crippen LogP contribution in [-0.4, -0.2) is 16.8 Å². The van der Waals surface area contributed by atoms with Crippen molar-refractivity contribution in [2.75, 3.05) is 6.79 Å². The maximum absolute atomic E-state index is 5.45. The van der Waals surface area contributed by atoms with E-state index in [1.807, 2.05) is 30.6 Å². The lowest BCUT2D eigenvalue weighted by molar-refractivity contribution is 0.174. The van der Waals surface area contributed by atoms with Crippen LogP contribution in [0, 0.1) is 0 Å². The zero-order valence-corrected chi connectivity index (χ0v) is 14.8. The van der Waals surface area contributed by atoms with Gasteiger partial charge in [-0.1, -0.05) is 6.92 Å². The Hall–Kier alpha value is -2.44. The Morgan fingerprint density at radius 3 is 2.84 bits per heavy atom. The van der Waals surface area contributed by atoms with Gasteiger partial charge in [-0.3, -0.25) is 4.98 Å². The molecule has 128 valence electrons. The van der Waals surface area contributed by atoms with E-state index < -0.39 is 0 Å². The average molecular weight is 353 g/mol. The van der Waals surface area contributed by atoms with Crippen molar-refractivity contribution in [3.8, 4) is 22.1 Å². The Morgan fingerprint density at radius 2 is 2.00 bits per heavy atom. The summed E-state index contributed by atoms with van der Waals surface area (Å²) >= 11 is 1.65. The number of ether oxygens (including phenoxy) is 2. The summed E-state index contributed by atoms with van der Waals surface area (Å²) in [6.07, 6.45) is 4.68. The van der Waals surface area contributed by atoms with Gasteiger partial charge in [0.1, 0.15) is 5.01 Å². The van der Waals surface area contributed by atoms with Crippen LogP contribution in [0.15, 0.2) is 48.1 Å². The second kappa shape index (κ2) is 7.21. The van der Waals surface area contributed by atoms with Crippen LogP contribution >= 0.6 is 11.3 Å². The summed E-state index contributed by atoms with van der Waals surface area (Å²) in [4.78, 5) is 8.84. The van der Waals surface area contributed by atoms with Gasteiger partial charge in [-0.2, -0.15) is 0 Å². The minimum absolute atomic E-state index is 0.291.